The van der Waals surface area contributed by atoms with Crippen LogP contribution in [0.4, 0.5) is 5.95 Å². The van der Waals surface area contributed by atoms with Crippen molar-refractivity contribution in [2.24, 2.45) is 5.92 Å². The molecule has 1 atom stereocenters. The third-order valence-corrected chi connectivity index (χ3v) is 7.44. The van der Waals surface area contributed by atoms with E-state index >= 15 is 0 Å². The first kappa shape index (κ1) is 23.1. The number of piperidine rings is 1. The van der Waals surface area contributed by atoms with Gasteiger partial charge < -0.3 is 15.0 Å². The minimum atomic E-state index is -0.172. The van der Waals surface area contributed by atoms with Crippen molar-refractivity contribution in [1.29, 1.82) is 0 Å². The number of aromatic nitrogens is 2. The van der Waals surface area contributed by atoms with Crippen LogP contribution < -0.4 is 20.5 Å². The van der Waals surface area contributed by atoms with Crippen molar-refractivity contribution in [3.05, 3.63) is 75.4 Å². The lowest BCUT2D eigenvalue weighted by Gasteiger charge is -2.32. The van der Waals surface area contributed by atoms with Gasteiger partial charge in [0.1, 0.15) is 10.4 Å². The topological polar surface area (TPSA) is 87.3 Å². The number of aromatic amines is 1. The van der Waals surface area contributed by atoms with Crippen molar-refractivity contribution in [2.45, 2.75) is 26.3 Å². The molecule has 0 radical (unpaired) electrons. The Hall–Kier alpha value is -3.65. The van der Waals surface area contributed by atoms with E-state index in [1.165, 1.54) is 16.9 Å². The molecule has 2 N–H and O–H groups in total. The molecule has 2 aromatic carbocycles. The molecule has 0 saturated carbocycles. The first-order chi connectivity index (χ1) is 17.0. The van der Waals surface area contributed by atoms with Crippen molar-refractivity contribution >= 4 is 33.4 Å². The van der Waals surface area contributed by atoms with Gasteiger partial charge in [0.25, 0.3) is 5.56 Å². The zero-order valence-electron chi connectivity index (χ0n) is 19.8. The fourth-order valence-electron chi connectivity index (χ4n) is 4.50. The number of nitrogens with zero attached hydrogens (tertiary/aromatic N) is 2. The van der Waals surface area contributed by atoms with Crippen LogP contribution in [0.25, 0.3) is 21.3 Å². The van der Waals surface area contributed by atoms with Crippen LogP contribution in [-0.4, -0.2) is 36.1 Å². The average molecular weight is 489 g/mol. The van der Waals surface area contributed by atoms with Gasteiger partial charge in [-0.3, -0.25) is 14.6 Å². The third kappa shape index (κ3) is 4.93. The van der Waals surface area contributed by atoms with Gasteiger partial charge in [0.15, 0.2) is 0 Å². The second-order valence-electron chi connectivity index (χ2n) is 8.94. The standard InChI is InChI=1S/C27H28N4O3S/c1-17-8-10-19(11-9-17)22-16-35-24-23(22)29-27(30-26(24)33)31-12-4-6-20(15-31)25(32)28-14-18-5-3-7-21(13-18)34-2/h3,5,7-11,13,16,20H,4,6,12,14-15H2,1-2H3,(H,28,32)(H,29,30,33). The number of benzene rings is 2. The summed E-state index contributed by atoms with van der Waals surface area (Å²) in [5.41, 5.74) is 4.74. The van der Waals surface area contributed by atoms with Gasteiger partial charge in [0.05, 0.1) is 18.5 Å². The van der Waals surface area contributed by atoms with E-state index in [0.717, 1.165) is 41.8 Å². The molecule has 180 valence electrons. The molecule has 35 heavy (non-hydrogen) atoms. The lowest BCUT2D eigenvalue weighted by Crippen LogP contribution is -2.44. The Morgan fingerprint density at radius 1 is 1.26 bits per heavy atom. The Labute approximate surface area is 207 Å². The van der Waals surface area contributed by atoms with Crippen LogP contribution in [0.5, 0.6) is 5.75 Å². The number of aryl methyl sites for hydroxylation is 1. The molecule has 1 unspecified atom stereocenters. The predicted molar refractivity (Wildman–Crippen MR) is 140 cm³/mol. The quantitative estimate of drug-likeness (QED) is 0.417. The van der Waals surface area contributed by atoms with Crippen molar-refractivity contribution in [3.8, 4) is 16.9 Å². The van der Waals surface area contributed by atoms with Gasteiger partial charge in [-0.2, -0.15) is 0 Å². The zero-order valence-corrected chi connectivity index (χ0v) is 20.7. The SMILES string of the molecule is COc1cccc(CNC(=O)C2CCCN(c3nc4c(-c5ccc(C)cc5)csc4c(=O)[nH]3)C2)c1. The maximum Gasteiger partial charge on any atom is 0.270 e. The monoisotopic (exact) mass is 488 g/mol. The highest BCUT2D eigenvalue weighted by molar-refractivity contribution is 7.17. The van der Waals surface area contributed by atoms with Crippen LogP contribution in [0.15, 0.2) is 58.7 Å². The minimum absolute atomic E-state index is 0.0109. The molecule has 7 nitrogen and oxygen atoms in total. The van der Waals surface area contributed by atoms with Gasteiger partial charge in [0.2, 0.25) is 11.9 Å². The summed E-state index contributed by atoms with van der Waals surface area (Å²) in [7, 11) is 1.63. The van der Waals surface area contributed by atoms with E-state index in [-0.39, 0.29) is 17.4 Å². The largest absolute Gasteiger partial charge is 0.497 e. The smallest absolute Gasteiger partial charge is 0.270 e. The number of fused-ring (bicyclic) bond motifs is 1. The highest BCUT2D eigenvalue weighted by Crippen LogP contribution is 2.32. The second-order valence-corrected chi connectivity index (χ2v) is 9.82. The first-order valence-electron chi connectivity index (χ1n) is 11.8. The Morgan fingerprint density at radius 2 is 2.09 bits per heavy atom. The average Bonchev–Trinajstić information content (AvgIpc) is 3.32. The molecule has 3 heterocycles. The van der Waals surface area contributed by atoms with Crippen molar-refractivity contribution in [2.75, 3.05) is 25.1 Å². The van der Waals surface area contributed by atoms with Crippen LogP contribution in [0.3, 0.4) is 0 Å². The zero-order chi connectivity index (χ0) is 24.4. The summed E-state index contributed by atoms with van der Waals surface area (Å²) in [6, 6.07) is 15.9. The molecule has 1 aliphatic rings. The third-order valence-electron chi connectivity index (χ3n) is 6.47. The molecule has 5 rings (SSSR count). The molecule has 1 aliphatic heterocycles. The molecular formula is C27H28N4O3S. The fourth-order valence-corrected chi connectivity index (χ4v) is 5.41. The molecule has 0 bridgehead atoms. The number of carbonyl (C=O) groups excluding carboxylic acids is 1. The van der Waals surface area contributed by atoms with Gasteiger partial charge in [0, 0.05) is 30.6 Å². The summed E-state index contributed by atoms with van der Waals surface area (Å²) in [6.45, 7) is 3.76. The lowest BCUT2D eigenvalue weighted by atomic mass is 9.97. The number of amides is 1. The Balaban J connectivity index is 1.34. The van der Waals surface area contributed by atoms with Crippen molar-refractivity contribution < 1.29 is 9.53 Å². The lowest BCUT2D eigenvalue weighted by molar-refractivity contribution is -0.125. The molecule has 1 fully saturated rings. The number of thiophene rings is 1. The van der Waals surface area contributed by atoms with E-state index in [2.05, 4.69) is 41.5 Å². The maximum absolute atomic E-state index is 12.9. The van der Waals surface area contributed by atoms with E-state index in [1.807, 2.05) is 34.5 Å². The summed E-state index contributed by atoms with van der Waals surface area (Å²) >= 11 is 1.41. The number of H-pyrrole nitrogens is 1. The Morgan fingerprint density at radius 3 is 2.89 bits per heavy atom. The molecule has 8 heteroatoms. The maximum atomic E-state index is 12.9. The van der Waals surface area contributed by atoms with Crippen LogP contribution in [0.1, 0.15) is 24.0 Å². The van der Waals surface area contributed by atoms with Gasteiger partial charge >= 0.3 is 0 Å². The number of nitrogens with one attached hydrogen (secondary N) is 2. The molecule has 1 amide bonds. The Bertz CT molecular complexity index is 1410. The summed E-state index contributed by atoms with van der Waals surface area (Å²) in [4.78, 5) is 35.6. The Kier molecular flexibility index (Phi) is 6.55. The van der Waals surface area contributed by atoms with Gasteiger partial charge in [-0.1, -0.05) is 42.0 Å². The number of ether oxygens (including phenoxy) is 1. The number of methoxy groups -OCH3 is 1. The van der Waals surface area contributed by atoms with E-state index in [4.69, 9.17) is 9.72 Å². The fraction of sp³-hybridized carbons (Fsp3) is 0.296. The van der Waals surface area contributed by atoms with Crippen LogP contribution >= 0.6 is 11.3 Å². The van der Waals surface area contributed by atoms with Crippen LogP contribution in [0, 0.1) is 12.8 Å². The summed E-state index contributed by atoms with van der Waals surface area (Å²) in [5.74, 6) is 1.13. The van der Waals surface area contributed by atoms with E-state index in [9.17, 15) is 9.59 Å². The number of anilines is 1. The van der Waals surface area contributed by atoms with Crippen molar-refractivity contribution in [3.63, 3.8) is 0 Å². The van der Waals surface area contributed by atoms with E-state index in [1.54, 1.807) is 7.11 Å². The summed E-state index contributed by atoms with van der Waals surface area (Å²) < 4.78 is 5.88. The highest BCUT2D eigenvalue weighted by atomic mass is 32.1. The molecular weight excluding hydrogens is 460 g/mol. The van der Waals surface area contributed by atoms with Crippen LogP contribution in [0.2, 0.25) is 0 Å². The van der Waals surface area contributed by atoms with Crippen LogP contribution in [-0.2, 0) is 11.3 Å². The first-order valence-corrected chi connectivity index (χ1v) is 12.6. The number of rotatable bonds is 6. The van der Waals surface area contributed by atoms with Crippen molar-refractivity contribution in [1.82, 2.24) is 15.3 Å². The minimum Gasteiger partial charge on any atom is -0.497 e. The van der Waals surface area contributed by atoms with Gasteiger partial charge in [-0.05, 0) is 43.0 Å². The van der Waals surface area contributed by atoms with Gasteiger partial charge in [-0.25, -0.2) is 4.98 Å². The van der Waals surface area contributed by atoms with E-state index in [0.29, 0.717) is 29.3 Å². The normalized spacial score (nSPS) is 15.8. The molecule has 4 aromatic rings. The van der Waals surface area contributed by atoms with E-state index < -0.39 is 0 Å². The number of hydrogen-bond donors (Lipinski definition) is 2. The predicted octanol–water partition coefficient (Wildman–Crippen LogP) is 4.50. The second kappa shape index (κ2) is 9.92. The molecule has 1 saturated heterocycles. The number of carbonyl (C=O) groups is 1. The summed E-state index contributed by atoms with van der Waals surface area (Å²) in [6.07, 6.45) is 1.66. The molecule has 2 aromatic heterocycles. The van der Waals surface area contributed by atoms with Gasteiger partial charge in [-0.15, -0.1) is 11.3 Å². The highest BCUT2D eigenvalue weighted by Gasteiger charge is 2.27. The molecule has 0 spiro atoms. The molecule has 0 aliphatic carbocycles. The summed E-state index contributed by atoms with van der Waals surface area (Å²) in [5, 5.41) is 5.04. The number of hydrogen-bond acceptors (Lipinski definition) is 6.